The number of rotatable bonds is 10. The van der Waals surface area contributed by atoms with Crippen molar-refractivity contribution >= 4 is 46.5 Å². The number of halogens is 2. The molecule has 9 heteroatoms. The Hall–Kier alpha value is -2.48. The average Bonchev–Trinajstić information content (AvgIpc) is 2.89. The van der Waals surface area contributed by atoms with Gasteiger partial charge in [0.05, 0.1) is 28.0 Å². The van der Waals surface area contributed by atoms with Gasteiger partial charge in [-0.2, -0.15) is 0 Å². The van der Waals surface area contributed by atoms with Crippen LogP contribution in [-0.2, 0) is 11.2 Å². The summed E-state index contributed by atoms with van der Waals surface area (Å²) in [5.74, 6) is 0.928. The maximum atomic E-state index is 13.2. The third kappa shape index (κ3) is 7.83. The maximum Gasteiger partial charge on any atom is 0.329 e. The number of carbonyl (C=O) groups is 2. The summed E-state index contributed by atoms with van der Waals surface area (Å²) in [5.41, 5.74) is 2.21. The molecule has 40 heavy (non-hydrogen) atoms. The highest BCUT2D eigenvalue weighted by atomic mass is 35.5. The van der Waals surface area contributed by atoms with Crippen LogP contribution in [0, 0.1) is 5.92 Å². The minimum absolute atomic E-state index is 0.180. The van der Waals surface area contributed by atoms with Gasteiger partial charge in [-0.1, -0.05) is 49.2 Å². The summed E-state index contributed by atoms with van der Waals surface area (Å²) >= 11 is 12.6. The number of hydrogen-bond acceptors (Lipinski definition) is 5. The van der Waals surface area contributed by atoms with Gasteiger partial charge in [0.2, 0.25) is 5.91 Å². The predicted octanol–water partition coefficient (Wildman–Crippen LogP) is 6.79. The predicted molar refractivity (Wildman–Crippen MR) is 164 cm³/mol. The lowest BCUT2D eigenvalue weighted by atomic mass is 9.93. The van der Waals surface area contributed by atoms with Gasteiger partial charge in [-0.25, -0.2) is 9.69 Å². The van der Waals surface area contributed by atoms with E-state index >= 15 is 0 Å². The van der Waals surface area contributed by atoms with E-state index in [-0.39, 0.29) is 11.9 Å². The third-order valence-corrected chi connectivity index (χ3v) is 8.31. The van der Waals surface area contributed by atoms with Gasteiger partial charge < -0.3 is 15.0 Å². The van der Waals surface area contributed by atoms with Gasteiger partial charge in [-0.05, 0) is 75.8 Å². The van der Waals surface area contributed by atoms with Crippen LogP contribution in [0.4, 0.5) is 16.2 Å². The number of benzene rings is 2. The molecule has 0 bridgehead atoms. The van der Waals surface area contributed by atoms with Gasteiger partial charge in [0, 0.05) is 44.2 Å². The standard InChI is InChI=1S/C31H42Cl2N4O3/c1-22(2)21-31(3,4)34-30(39)37-27-20-24(12-10-23(27)11-13-28(37)38)40-19-6-5-14-35-15-17-36(18-16-35)26-9-7-8-25(32)29(26)33/h7-10,12,20,22H,5-6,11,13-19,21H2,1-4H3,(H,34,39). The van der Waals surface area contributed by atoms with E-state index < -0.39 is 5.54 Å². The summed E-state index contributed by atoms with van der Waals surface area (Å²) in [6, 6.07) is 11.2. The summed E-state index contributed by atoms with van der Waals surface area (Å²) < 4.78 is 6.05. The smallest absolute Gasteiger partial charge is 0.329 e. The van der Waals surface area contributed by atoms with Crippen LogP contribution in [0.5, 0.6) is 5.75 Å². The Bertz CT molecular complexity index is 1200. The molecule has 2 aromatic carbocycles. The molecule has 2 aliphatic heterocycles. The van der Waals surface area contributed by atoms with E-state index in [4.69, 9.17) is 27.9 Å². The van der Waals surface area contributed by atoms with Crippen molar-refractivity contribution in [3.05, 3.63) is 52.0 Å². The van der Waals surface area contributed by atoms with Crippen LogP contribution in [-0.4, -0.2) is 61.7 Å². The van der Waals surface area contributed by atoms with E-state index in [2.05, 4.69) is 29.0 Å². The zero-order valence-electron chi connectivity index (χ0n) is 24.1. The number of ether oxygens (including phenoxy) is 1. The number of imide groups is 1. The Balaban J connectivity index is 1.25. The van der Waals surface area contributed by atoms with E-state index in [0.717, 1.165) is 63.2 Å². The number of piperazine rings is 1. The topological polar surface area (TPSA) is 65.1 Å². The third-order valence-electron chi connectivity index (χ3n) is 7.50. The Morgan fingerprint density at radius 2 is 1.77 bits per heavy atom. The first-order chi connectivity index (χ1) is 19.0. The lowest BCUT2D eigenvalue weighted by Gasteiger charge is -2.36. The first kappa shape index (κ1) is 30.5. The largest absolute Gasteiger partial charge is 0.494 e. The fourth-order valence-corrected chi connectivity index (χ4v) is 6.17. The van der Waals surface area contributed by atoms with E-state index in [1.54, 1.807) is 0 Å². The molecule has 2 aromatic rings. The lowest BCUT2D eigenvalue weighted by molar-refractivity contribution is -0.118. The number of fused-ring (bicyclic) bond motifs is 1. The second kappa shape index (κ2) is 13.5. The highest BCUT2D eigenvalue weighted by Crippen LogP contribution is 2.34. The fourth-order valence-electron chi connectivity index (χ4n) is 5.76. The van der Waals surface area contributed by atoms with Crippen LogP contribution in [0.15, 0.2) is 36.4 Å². The minimum Gasteiger partial charge on any atom is -0.494 e. The molecule has 0 atom stereocenters. The number of amides is 3. The van der Waals surface area contributed by atoms with Gasteiger partial charge in [0.1, 0.15) is 5.75 Å². The molecule has 1 saturated heterocycles. The summed E-state index contributed by atoms with van der Waals surface area (Å²) in [5, 5.41) is 4.28. The van der Waals surface area contributed by atoms with Crippen molar-refractivity contribution in [2.45, 2.75) is 65.3 Å². The Morgan fingerprint density at radius 3 is 2.50 bits per heavy atom. The number of anilines is 2. The zero-order valence-corrected chi connectivity index (χ0v) is 25.7. The Morgan fingerprint density at radius 1 is 1.02 bits per heavy atom. The molecule has 0 aromatic heterocycles. The van der Waals surface area contributed by atoms with Crippen molar-refractivity contribution in [3.63, 3.8) is 0 Å². The van der Waals surface area contributed by atoms with Crippen LogP contribution in [0.25, 0.3) is 0 Å². The number of aryl methyl sites for hydroxylation is 1. The van der Waals surface area contributed by atoms with Crippen molar-refractivity contribution in [1.82, 2.24) is 10.2 Å². The van der Waals surface area contributed by atoms with Crippen molar-refractivity contribution < 1.29 is 14.3 Å². The first-order valence-corrected chi connectivity index (χ1v) is 15.1. The highest BCUT2D eigenvalue weighted by molar-refractivity contribution is 6.43. The van der Waals surface area contributed by atoms with Crippen LogP contribution < -0.4 is 19.9 Å². The summed E-state index contributed by atoms with van der Waals surface area (Å²) in [7, 11) is 0. The SMILES string of the molecule is CC(C)CC(C)(C)NC(=O)N1C(=O)CCc2ccc(OCCCCN3CCN(c4cccc(Cl)c4Cl)CC3)cc21. The molecule has 4 rings (SSSR count). The van der Waals surface area contributed by atoms with E-state index in [1.165, 1.54) is 4.90 Å². The fraction of sp³-hybridized carbons (Fsp3) is 0.548. The quantitative estimate of drug-likeness (QED) is 0.309. The van der Waals surface area contributed by atoms with Gasteiger partial charge >= 0.3 is 6.03 Å². The minimum atomic E-state index is -0.411. The monoisotopic (exact) mass is 588 g/mol. The number of urea groups is 1. The maximum absolute atomic E-state index is 13.2. The molecule has 3 amide bonds. The van der Waals surface area contributed by atoms with Gasteiger partial charge in [-0.3, -0.25) is 9.69 Å². The highest BCUT2D eigenvalue weighted by Gasteiger charge is 2.33. The molecule has 0 radical (unpaired) electrons. The lowest BCUT2D eigenvalue weighted by Crippen LogP contribution is -2.53. The van der Waals surface area contributed by atoms with Crippen molar-refractivity contribution in [2.75, 3.05) is 49.1 Å². The number of nitrogens with zero attached hydrogens (tertiary/aromatic N) is 3. The zero-order chi connectivity index (χ0) is 28.9. The van der Waals surface area contributed by atoms with Gasteiger partial charge in [0.25, 0.3) is 0 Å². The second-order valence-electron chi connectivity index (χ2n) is 11.9. The van der Waals surface area contributed by atoms with Crippen molar-refractivity contribution in [3.8, 4) is 5.75 Å². The molecule has 0 saturated carbocycles. The number of nitrogens with one attached hydrogen (secondary N) is 1. The summed E-state index contributed by atoms with van der Waals surface area (Å²) in [6.45, 7) is 13.6. The van der Waals surface area contributed by atoms with Crippen LogP contribution in [0.1, 0.15) is 58.9 Å². The molecule has 2 aliphatic rings. The van der Waals surface area contributed by atoms with Crippen LogP contribution in [0.2, 0.25) is 10.0 Å². The molecule has 1 N–H and O–H groups in total. The molecule has 218 valence electrons. The summed E-state index contributed by atoms with van der Waals surface area (Å²) in [6.07, 6.45) is 3.73. The number of unbranched alkanes of at least 4 members (excludes halogenated alkanes) is 1. The Kier molecular flexibility index (Phi) is 10.3. The van der Waals surface area contributed by atoms with Crippen LogP contribution >= 0.6 is 23.2 Å². The normalized spacial score (nSPS) is 16.3. The van der Waals surface area contributed by atoms with Crippen LogP contribution in [0.3, 0.4) is 0 Å². The molecular formula is C31H42Cl2N4O3. The molecule has 0 spiro atoms. The second-order valence-corrected chi connectivity index (χ2v) is 12.7. The first-order valence-electron chi connectivity index (χ1n) is 14.4. The molecule has 7 nitrogen and oxygen atoms in total. The average molecular weight is 590 g/mol. The van der Waals surface area contributed by atoms with Gasteiger partial charge in [-0.15, -0.1) is 0 Å². The molecule has 2 heterocycles. The van der Waals surface area contributed by atoms with Crippen molar-refractivity contribution in [1.29, 1.82) is 0 Å². The number of carbonyl (C=O) groups excluding carboxylic acids is 2. The molecule has 0 unspecified atom stereocenters. The Labute approximate surface area is 248 Å². The van der Waals surface area contributed by atoms with E-state index in [1.807, 2.05) is 50.2 Å². The molecular weight excluding hydrogens is 547 g/mol. The summed E-state index contributed by atoms with van der Waals surface area (Å²) in [4.78, 5) is 32.1. The molecule has 1 fully saturated rings. The van der Waals surface area contributed by atoms with E-state index in [0.29, 0.717) is 46.8 Å². The van der Waals surface area contributed by atoms with Gasteiger partial charge in [0.15, 0.2) is 0 Å². The number of hydrogen-bond donors (Lipinski definition) is 1. The van der Waals surface area contributed by atoms with E-state index in [9.17, 15) is 9.59 Å². The van der Waals surface area contributed by atoms with Crippen molar-refractivity contribution in [2.24, 2.45) is 5.92 Å². The molecule has 0 aliphatic carbocycles.